The van der Waals surface area contributed by atoms with Crippen molar-refractivity contribution in [2.75, 3.05) is 6.61 Å². The smallest absolute Gasteiger partial charge is 0.150 e. The van der Waals surface area contributed by atoms with Gasteiger partial charge in [-0.25, -0.2) is 0 Å². The SMILES string of the molecule is CCCCCCOc1ccc(C=O)cc1C(C)(C)C. The molecule has 0 aromatic heterocycles. The first-order chi connectivity index (χ1) is 8.99. The number of hydrogen-bond acceptors (Lipinski definition) is 2. The van der Waals surface area contributed by atoms with Crippen LogP contribution in [0.3, 0.4) is 0 Å². The maximum absolute atomic E-state index is 10.9. The van der Waals surface area contributed by atoms with Gasteiger partial charge in [0.25, 0.3) is 0 Å². The van der Waals surface area contributed by atoms with E-state index in [1.807, 2.05) is 18.2 Å². The van der Waals surface area contributed by atoms with Gasteiger partial charge < -0.3 is 4.74 Å². The van der Waals surface area contributed by atoms with Crippen molar-refractivity contribution in [3.8, 4) is 5.75 Å². The van der Waals surface area contributed by atoms with Gasteiger partial charge in [-0.05, 0) is 30.0 Å². The highest BCUT2D eigenvalue weighted by Gasteiger charge is 2.19. The maximum Gasteiger partial charge on any atom is 0.150 e. The maximum atomic E-state index is 10.9. The number of hydrogen-bond donors (Lipinski definition) is 0. The molecule has 1 aromatic carbocycles. The third kappa shape index (κ3) is 5.06. The number of carbonyl (C=O) groups is 1. The Labute approximate surface area is 117 Å². The Hall–Kier alpha value is -1.31. The summed E-state index contributed by atoms with van der Waals surface area (Å²) in [6.07, 6.45) is 5.70. The second kappa shape index (κ2) is 7.32. The summed E-state index contributed by atoms with van der Waals surface area (Å²) in [5.74, 6) is 0.912. The summed E-state index contributed by atoms with van der Waals surface area (Å²) >= 11 is 0. The third-order valence-electron chi connectivity index (χ3n) is 3.20. The lowest BCUT2D eigenvalue weighted by molar-refractivity contribution is 0.112. The van der Waals surface area contributed by atoms with Gasteiger partial charge in [-0.15, -0.1) is 0 Å². The summed E-state index contributed by atoms with van der Waals surface area (Å²) in [6.45, 7) is 9.38. The number of unbranched alkanes of at least 4 members (excludes halogenated alkanes) is 3. The molecular formula is C17H26O2. The molecule has 1 aromatic rings. The molecule has 0 N–H and O–H groups in total. The molecular weight excluding hydrogens is 236 g/mol. The average Bonchev–Trinajstić information content (AvgIpc) is 2.37. The molecule has 0 aliphatic rings. The molecule has 106 valence electrons. The predicted octanol–water partition coefficient (Wildman–Crippen LogP) is 4.76. The number of carbonyl (C=O) groups excluding carboxylic acids is 1. The van der Waals surface area contributed by atoms with E-state index in [1.165, 1.54) is 19.3 Å². The molecule has 0 saturated carbocycles. The fourth-order valence-corrected chi connectivity index (χ4v) is 2.04. The van der Waals surface area contributed by atoms with Gasteiger partial charge in [0.1, 0.15) is 12.0 Å². The van der Waals surface area contributed by atoms with E-state index in [-0.39, 0.29) is 5.41 Å². The number of benzene rings is 1. The molecule has 0 heterocycles. The van der Waals surface area contributed by atoms with Gasteiger partial charge in [-0.2, -0.15) is 0 Å². The summed E-state index contributed by atoms with van der Waals surface area (Å²) in [5.41, 5.74) is 1.80. The summed E-state index contributed by atoms with van der Waals surface area (Å²) in [5, 5.41) is 0. The number of ether oxygens (including phenoxy) is 1. The zero-order valence-corrected chi connectivity index (χ0v) is 12.7. The van der Waals surface area contributed by atoms with Crippen molar-refractivity contribution < 1.29 is 9.53 Å². The van der Waals surface area contributed by atoms with Crippen LogP contribution in [0.5, 0.6) is 5.75 Å². The minimum absolute atomic E-state index is 0.0161. The van der Waals surface area contributed by atoms with Crippen LogP contribution in [-0.2, 0) is 5.41 Å². The van der Waals surface area contributed by atoms with Crippen LogP contribution in [0.2, 0.25) is 0 Å². The molecule has 0 fully saturated rings. The summed E-state index contributed by atoms with van der Waals surface area (Å²) in [4.78, 5) is 10.9. The van der Waals surface area contributed by atoms with Crippen molar-refractivity contribution in [3.63, 3.8) is 0 Å². The first kappa shape index (κ1) is 15.7. The zero-order valence-electron chi connectivity index (χ0n) is 12.7. The van der Waals surface area contributed by atoms with Crippen molar-refractivity contribution in [3.05, 3.63) is 29.3 Å². The van der Waals surface area contributed by atoms with E-state index in [2.05, 4.69) is 27.7 Å². The Bertz CT molecular complexity index is 402. The Morgan fingerprint density at radius 1 is 1.16 bits per heavy atom. The van der Waals surface area contributed by atoms with Crippen molar-refractivity contribution in [2.45, 2.75) is 58.8 Å². The molecule has 2 heteroatoms. The van der Waals surface area contributed by atoms with Crippen LogP contribution in [-0.4, -0.2) is 12.9 Å². The zero-order chi connectivity index (χ0) is 14.3. The second-order valence-electron chi connectivity index (χ2n) is 6.03. The third-order valence-corrected chi connectivity index (χ3v) is 3.20. The van der Waals surface area contributed by atoms with Gasteiger partial charge in [0.05, 0.1) is 6.61 Å². The molecule has 2 nitrogen and oxygen atoms in total. The van der Waals surface area contributed by atoms with Crippen molar-refractivity contribution in [1.82, 2.24) is 0 Å². The molecule has 0 atom stereocenters. The van der Waals surface area contributed by atoms with Crippen molar-refractivity contribution in [1.29, 1.82) is 0 Å². The Morgan fingerprint density at radius 3 is 2.47 bits per heavy atom. The molecule has 0 unspecified atom stereocenters. The van der Waals surface area contributed by atoms with E-state index in [0.717, 1.165) is 30.6 Å². The van der Waals surface area contributed by atoms with Gasteiger partial charge in [0.15, 0.2) is 0 Å². The molecule has 19 heavy (non-hydrogen) atoms. The lowest BCUT2D eigenvalue weighted by Gasteiger charge is -2.23. The van der Waals surface area contributed by atoms with E-state index in [1.54, 1.807) is 0 Å². The van der Waals surface area contributed by atoms with Crippen LogP contribution in [0, 0.1) is 0 Å². The summed E-state index contributed by atoms with van der Waals surface area (Å²) in [7, 11) is 0. The highest BCUT2D eigenvalue weighted by molar-refractivity contribution is 5.75. The normalized spacial score (nSPS) is 11.4. The summed E-state index contributed by atoms with van der Waals surface area (Å²) < 4.78 is 5.89. The molecule has 0 aliphatic heterocycles. The van der Waals surface area contributed by atoms with Crippen molar-refractivity contribution in [2.24, 2.45) is 0 Å². The van der Waals surface area contributed by atoms with Crippen LogP contribution in [0.4, 0.5) is 0 Å². The van der Waals surface area contributed by atoms with E-state index >= 15 is 0 Å². The molecule has 0 spiro atoms. The average molecular weight is 262 g/mol. The van der Waals surface area contributed by atoms with E-state index in [0.29, 0.717) is 5.56 Å². The predicted molar refractivity (Wildman–Crippen MR) is 80.2 cm³/mol. The molecule has 0 saturated heterocycles. The molecule has 0 radical (unpaired) electrons. The Morgan fingerprint density at radius 2 is 1.89 bits per heavy atom. The van der Waals surface area contributed by atoms with Crippen LogP contribution in [0.15, 0.2) is 18.2 Å². The lowest BCUT2D eigenvalue weighted by atomic mass is 9.85. The molecule has 0 bridgehead atoms. The lowest BCUT2D eigenvalue weighted by Crippen LogP contribution is -2.14. The van der Waals surface area contributed by atoms with Crippen LogP contribution >= 0.6 is 0 Å². The van der Waals surface area contributed by atoms with Gasteiger partial charge in [0.2, 0.25) is 0 Å². The standard InChI is InChI=1S/C17H26O2/c1-5-6-7-8-11-19-16-10-9-14(13-18)12-15(16)17(2,3)4/h9-10,12-13H,5-8,11H2,1-4H3. The fraction of sp³-hybridized carbons (Fsp3) is 0.588. The topological polar surface area (TPSA) is 26.3 Å². The van der Waals surface area contributed by atoms with E-state index in [9.17, 15) is 4.79 Å². The minimum atomic E-state index is -0.0161. The van der Waals surface area contributed by atoms with Crippen LogP contribution in [0.1, 0.15) is 69.3 Å². The minimum Gasteiger partial charge on any atom is -0.493 e. The van der Waals surface area contributed by atoms with Gasteiger partial charge >= 0.3 is 0 Å². The summed E-state index contributed by atoms with van der Waals surface area (Å²) in [6, 6.07) is 5.68. The van der Waals surface area contributed by atoms with Crippen LogP contribution in [0.25, 0.3) is 0 Å². The fourth-order valence-electron chi connectivity index (χ4n) is 2.04. The second-order valence-corrected chi connectivity index (χ2v) is 6.03. The van der Waals surface area contributed by atoms with E-state index < -0.39 is 0 Å². The Balaban J connectivity index is 2.74. The Kier molecular flexibility index (Phi) is 6.07. The highest BCUT2D eigenvalue weighted by atomic mass is 16.5. The molecule has 0 amide bonds. The van der Waals surface area contributed by atoms with Gasteiger partial charge in [0, 0.05) is 11.1 Å². The number of rotatable bonds is 7. The van der Waals surface area contributed by atoms with E-state index in [4.69, 9.17) is 4.74 Å². The largest absolute Gasteiger partial charge is 0.493 e. The highest BCUT2D eigenvalue weighted by Crippen LogP contribution is 2.32. The first-order valence-electron chi connectivity index (χ1n) is 7.21. The van der Waals surface area contributed by atoms with Gasteiger partial charge in [-0.3, -0.25) is 4.79 Å². The quantitative estimate of drug-likeness (QED) is 0.523. The van der Waals surface area contributed by atoms with Crippen molar-refractivity contribution >= 4 is 6.29 Å². The molecule has 0 aliphatic carbocycles. The number of aldehydes is 1. The molecule has 1 rings (SSSR count). The van der Waals surface area contributed by atoms with Gasteiger partial charge in [-0.1, -0.05) is 47.0 Å². The first-order valence-corrected chi connectivity index (χ1v) is 7.21. The van der Waals surface area contributed by atoms with Crippen LogP contribution < -0.4 is 4.74 Å². The monoisotopic (exact) mass is 262 g/mol.